The minimum Gasteiger partial charge on any atom is -0.493 e. The number of amides is 2. The number of carbonyl (C=O) groups excluding carboxylic acids is 3. The standard InChI is InChI=1S/C19H19ClN2O5/c1-26-16-9-13(19(21)25)14(10-17(16)27-2)22-18(24)8-7-15(23)11-3-5-12(20)6-4-11/h3-6,9-10H,7-8H2,1-2H3,(H2,21,25)(H,22,24). The van der Waals surface area contributed by atoms with Gasteiger partial charge in [0.25, 0.3) is 5.91 Å². The molecular weight excluding hydrogens is 372 g/mol. The van der Waals surface area contributed by atoms with E-state index < -0.39 is 11.8 Å². The topological polar surface area (TPSA) is 108 Å². The second-order valence-electron chi connectivity index (χ2n) is 5.60. The fourth-order valence-corrected chi connectivity index (χ4v) is 2.53. The first kappa shape index (κ1) is 20.3. The summed E-state index contributed by atoms with van der Waals surface area (Å²) in [6, 6.07) is 9.24. The third-order valence-corrected chi connectivity index (χ3v) is 4.06. The summed E-state index contributed by atoms with van der Waals surface area (Å²) >= 11 is 5.79. The number of ether oxygens (including phenoxy) is 2. The highest BCUT2D eigenvalue weighted by molar-refractivity contribution is 6.30. The monoisotopic (exact) mass is 390 g/mol. The summed E-state index contributed by atoms with van der Waals surface area (Å²) in [6.07, 6.45) is -0.0549. The van der Waals surface area contributed by atoms with Gasteiger partial charge in [-0.25, -0.2) is 0 Å². The van der Waals surface area contributed by atoms with Gasteiger partial charge >= 0.3 is 0 Å². The molecule has 0 atom stereocenters. The number of Topliss-reactive ketones (excluding diaryl/α,β-unsaturated/α-hetero) is 1. The molecule has 0 saturated heterocycles. The maximum atomic E-state index is 12.2. The fourth-order valence-electron chi connectivity index (χ4n) is 2.41. The van der Waals surface area contributed by atoms with Gasteiger partial charge in [0, 0.05) is 29.5 Å². The van der Waals surface area contributed by atoms with Gasteiger partial charge in [-0.05, 0) is 30.3 Å². The lowest BCUT2D eigenvalue weighted by molar-refractivity contribution is -0.116. The van der Waals surface area contributed by atoms with Crippen molar-refractivity contribution in [1.82, 2.24) is 0 Å². The van der Waals surface area contributed by atoms with Gasteiger partial charge in [0.2, 0.25) is 5.91 Å². The van der Waals surface area contributed by atoms with Crippen LogP contribution in [0.15, 0.2) is 36.4 Å². The molecule has 0 aromatic heterocycles. The average Bonchev–Trinajstić information content (AvgIpc) is 2.66. The zero-order valence-corrected chi connectivity index (χ0v) is 15.6. The van der Waals surface area contributed by atoms with E-state index in [9.17, 15) is 14.4 Å². The first-order valence-electron chi connectivity index (χ1n) is 8.00. The van der Waals surface area contributed by atoms with Crippen LogP contribution in [-0.4, -0.2) is 31.8 Å². The Kier molecular flexibility index (Phi) is 6.79. The Hall–Kier alpha value is -3.06. The van der Waals surface area contributed by atoms with Crippen LogP contribution in [0.4, 0.5) is 5.69 Å². The summed E-state index contributed by atoms with van der Waals surface area (Å²) in [5.74, 6) is -0.725. The molecule has 7 nitrogen and oxygen atoms in total. The van der Waals surface area contributed by atoms with Gasteiger partial charge in [0.1, 0.15) is 0 Å². The third-order valence-electron chi connectivity index (χ3n) is 3.81. The number of halogens is 1. The minimum absolute atomic E-state index is 0.00661. The molecule has 2 aromatic rings. The van der Waals surface area contributed by atoms with Crippen molar-refractivity contribution < 1.29 is 23.9 Å². The van der Waals surface area contributed by atoms with Crippen molar-refractivity contribution in [2.75, 3.05) is 19.5 Å². The van der Waals surface area contributed by atoms with Gasteiger partial charge < -0.3 is 20.5 Å². The van der Waals surface area contributed by atoms with Crippen LogP contribution >= 0.6 is 11.6 Å². The van der Waals surface area contributed by atoms with E-state index in [4.69, 9.17) is 26.8 Å². The van der Waals surface area contributed by atoms with Crippen LogP contribution in [-0.2, 0) is 4.79 Å². The maximum absolute atomic E-state index is 12.2. The Morgan fingerprint density at radius 1 is 1.00 bits per heavy atom. The van der Waals surface area contributed by atoms with E-state index in [1.165, 1.54) is 26.4 Å². The van der Waals surface area contributed by atoms with Gasteiger partial charge in [-0.3, -0.25) is 14.4 Å². The van der Waals surface area contributed by atoms with Crippen LogP contribution in [0, 0.1) is 0 Å². The maximum Gasteiger partial charge on any atom is 0.250 e. The summed E-state index contributed by atoms with van der Waals surface area (Å²) < 4.78 is 10.3. The molecule has 0 fully saturated rings. The number of ketones is 1. The van der Waals surface area contributed by atoms with Gasteiger partial charge in [-0.1, -0.05) is 11.6 Å². The molecule has 0 saturated carbocycles. The van der Waals surface area contributed by atoms with Gasteiger partial charge in [0.15, 0.2) is 17.3 Å². The van der Waals surface area contributed by atoms with Crippen LogP contribution in [0.25, 0.3) is 0 Å². The number of rotatable bonds is 8. The van der Waals surface area contributed by atoms with Crippen molar-refractivity contribution in [3.63, 3.8) is 0 Å². The van der Waals surface area contributed by atoms with Crippen molar-refractivity contribution >= 4 is 34.9 Å². The quantitative estimate of drug-likeness (QED) is 0.673. The molecule has 2 aromatic carbocycles. The highest BCUT2D eigenvalue weighted by Crippen LogP contribution is 2.33. The number of benzene rings is 2. The number of hydrogen-bond donors (Lipinski definition) is 2. The molecule has 27 heavy (non-hydrogen) atoms. The van der Waals surface area contributed by atoms with E-state index in [0.717, 1.165) is 0 Å². The SMILES string of the molecule is COc1cc(NC(=O)CCC(=O)c2ccc(Cl)cc2)c(C(N)=O)cc1OC. The molecule has 0 unspecified atom stereocenters. The van der Waals surface area contributed by atoms with Crippen LogP contribution in [0.5, 0.6) is 11.5 Å². The van der Waals surface area contributed by atoms with E-state index in [0.29, 0.717) is 22.1 Å². The summed E-state index contributed by atoms with van der Waals surface area (Å²) in [5.41, 5.74) is 6.09. The van der Waals surface area contributed by atoms with Crippen molar-refractivity contribution in [3.8, 4) is 11.5 Å². The molecule has 0 bridgehead atoms. The lowest BCUT2D eigenvalue weighted by Gasteiger charge is -2.14. The summed E-state index contributed by atoms with van der Waals surface area (Å²) in [5, 5.41) is 3.11. The minimum atomic E-state index is -0.733. The molecule has 0 aliphatic rings. The van der Waals surface area contributed by atoms with E-state index in [1.807, 2.05) is 0 Å². The molecule has 0 heterocycles. The van der Waals surface area contributed by atoms with Gasteiger partial charge in [0.05, 0.1) is 25.5 Å². The molecule has 2 amide bonds. The fraction of sp³-hybridized carbons (Fsp3) is 0.211. The number of carbonyl (C=O) groups is 3. The van der Waals surface area contributed by atoms with Crippen LogP contribution < -0.4 is 20.5 Å². The Morgan fingerprint density at radius 3 is 2.15 bits per heavy atom. The third kappa shape index (κ3) is 5.21. The van der Waals surface area contributed by atoms with E-state index >= 15 is 0 Å². The molecule has 0 spiro atoms. The van der Waals surface area contributed by atoms with Crippen molar-refractivity contribution in [1.29, 1.82) is 0 Å². The smallest absolute Gasteiger partial charge is 0.250 e. The van der Waals surface area contributed by atoms with Crippen LogP contribution in [0.3, 0.4) is 0 Å². The second-order valence-corrected chi connectivity index (χ2v) is 6.03. The van der Waals surface area contributed by atoms with E-state index in [1.54, 1.807) is 24.3 Å². The van der Waals surface area contributed by atoms with Crippen molar-refractivity contribution in [3.05, 3.63) is 52.5 Å². The van der Waals surface area contributed by atoms with E-state index in [-0.39, 0.29) is 29.9 Å². The molecule has 142 valence electrons. The number of nitrogens with two attached hydrogens (primary N) is 1. The molecular formula is C19H19ClN2O5. The zero-order valence-electron chi connectivity index (χ0n) is 14.9. The molecule has 0 radical (unpaired) electrons. The number of anilines is 1. The summed E-state index contributed by atoms with van der Waals surface area (Å²) in [7, 11) is 2.85. The number of methoxy groups -OCH3 is 2. The van der Waals surface area contributed by atoms with Gasteiger partial charge in [-0.15, -0.1) is 0 Å². The van der Waals surface area contributed by atoms with Crippen LogP contribution in [0.1, 0.15) is 33.6 Å². The Labute approximate surface area is 161 Å². The molecule has 0 aliphatic carbocycles. The Balaban J connectivity index is 2.09. The normalized spacial score (nSPS) is 10.2. The molecule has 3 N–H and O–H groups in total. The number of primary amides is 1. The average molecular weight is 391 g/mol. The lowest BCUT2D eigenvalue weighted by Crippen LogP contribution is -2.19. The highest BCUT2D eigenvalue weighted by atomic mass is 35.5. The predicted molar refractivity (Wildman–Crippen MR) is 102 cm³/mol. The first-order chi connectivity index (χ1) is 12.8. The van der Waals surface area contributed by atoms with Gasteiger partial charge in [-0.2, -0.15) is 0 Å². The number of nitrogens with one attached hydrogen (secondary N) is 1. The Bertz CT molecular complexity index is 865. The largest absolute Gasteiger partial charge is 0.493 e. The predicted octanol–water partition coefficient (Wildman–Crippen LogP) is 3.06. The lowest BCUT2D eigenvalue weighted by atomic mass is 10.1. The van der Waals surface area contributed by atoms with Crippen LogP contribution in [0.2, 0.25) is 5.02 Å². The molecule has 0 aliphatic heterocycles. The van der Waals surface area contributed by atoms with E-state index in [2.05, 4.69) is 5.32 Å². The highest BCUT2D eigenvalue weighted by Gasteiger charge is 2.17. The summed E-state index contributed by atoms with van der Waals surface area (Å²) in [6.45, 7) is 0. The molecule has 8 heteroatoms. The van der Waals surface area contributed by atoms with Crippen molar-refractivity contribution in [2.24, 2.45) is 5.73 Å². The second kappa shape index (κ2) is 9.05. The molecule has 2 rings (SSSR count). The number of hydrogen-bond acceptors (Lipinski definition) is 5. The van der Waals surface area contributed by atoms with Crippen molar-refractivity contribution in [2.45, 2.75) is 12.8 Å². The summed E-state index contributed by atoms with van der Waals surface area (Å²) in [4.78, 5) is 36.0. The first-order valence-corrected chi connectivity index (χ1v) is 8.38. The Morgan fingerprint density at radius 2 is 1.59 bits per heavy atom. The zero-order chi connectivity index (χ0) is 20.0.